The largest absolute Gasteiger partial charge is 0.243 e. The molecule has 7 heteroatoms. The van der Waals surface area contributed by atoms with Crippen LogP contribution in [0.2, 0.25) is 0 Å². The van der Waals surface area contributed by atoms with Gasteiger partial charge in [-0.25, -0.2) is 8.42 Å². The fraction of sp³-hybridized carbons (Fsp3) is 0.545. The van der Waals surface area contributed by atoms with Crippen molar-refractivity contribution in [2.75, 3.05) is 0 Å². The first-order valence-corrected chi connectivity index (χ1v) is 8.60. The molecule has 1 heterocycles. The highest BCUT2D eigenvalue weighted by Crippen LogP contribution is 2.30. The Labute approximate surface area is 120 Å². The molecule has 0 bridgehead atoms. The van der Waals surface area contributed by atoms with Gasteiger partial charge in [0.15, 0.2) is 0 Å². The van der Waals surface area contributed by atoms with Crippen molar-refractivity contribution in [3.8, 4) is 6.07 Å². The van der Waals surface area contributed by atoms with Crippen molar-refractivity contribution in [3.63, 3.8) is 0 Å². The third-order valence-corrected chi connectivity index (χ3v) is 6.23. The van der Waals surface area contributed by atoms with Gasteiger partial charge in [-0.05, 0) is 41.8 Å². The maximum atomic E-state index is 12.3. The number of halogens is 1. The molecule has 0 aliphatic carbocycles. The van der Waals surface area contributed by atoms with Crippen LogP contribution in [-0.2, 0) is 10.0 Å². The summed E-state index contributed by atoms with van der Waals surface area (Å²) in [6.45, 7) is 5.34. The first-order chi connectivity index (χ1) is 8.30. The maximum absolute atomic E-state index is 12.3. The summed E-state index contributed by atoms with van der Waals surface area (Å²) < 4.78 is 27.8. The normalized spacial score (nSPS) is 12.4. The number of hydrogen-bond donors (Lipinski definition) is 1. The van der Waals surface area contributed by atoms with Gasteiger partial charge in [-0.15, -0.1) is 11.3 Å². The molecule has 18 heavy (non-hydrogen) atoms. The lowest BCUT2D eigenvalue weighted by Gasteiger charge is -2.24. The molecular weight excluding hydrogens is 336 g/mol. The van der Waals surface area contributed by atoms with Crippen LogP contribution in [0.25, 0.3) is 0 Å². The van der Waals surface area contributed by atoms with Crippen molar-refractivity contribution >= 4 is 37.3 Å². The fourth-order valence-electron chi connectivity index (χ4n) is 1.58. The summed E-state index contributed by atoms with van der Waals surface area (Å²) in [6.07, 6.45) is 0.868. The minimum atomic E-state index is -3.66. The standard InChI is InChI=1S/C11H15BrN2O2S2/c1-4-11(5-2,7-13)14-18(15,16)9-6-10(12)17-8(9)3/h6,14H,4-5H2,1-3H3. The average molecular weight is 351 g/mol. The number of aryl methyl sites for hydroxylation is 1. The first kappa shape index (κ1) is 15.6. The number of hydrogen-bond acceptors (Lipinski definition) is 4. The Balaban J connectivity index is 3.17. The number of sulfonamides is 1. The third-order valence-electron chi connectivity index (χ3n) is 2.88. The molecule has 0 aromatic carbocycles. The Morgan fingerprint density at radius 1 is 1.50 bits per heavy atom. The van der Waals surface area contributed by atoms with Gasteiger partial charge in [0.2, 0.25) is 10.0 Å². The van der Waals surface area contributed by atoms with E-state index in [1.54, 1.807) is 26.8 Å². The molecule has 1 rings (SSSR count). The number of nitrogens with one attached hydrogen (secondary N) is 1. The second-order valence-corrected chi connectivity index (χ2v) is 8.26. The van der Waals surface area contributed by atoms with Gasteiger partial charge in [0.1, 0.15) is 5.54 Å². The van der Waals surface area contributed by atoms with Crippen molar-refractivity contribution in [1.29, 1.82) is 5.26 Å². The molecule has 0 unspecified atom stereocenters. The number of thiophene rings is 1. The average Bonchev–Trinajstić information content (AvgIpc) is 2.66. The molecule has 0 radical (unpaired) electrons. The molecule has 1 N–H and O–H groups in total. The van der Waals surface area contributed by atoms with E-state index in [-0.39, 0.29) is 4.90 Å². The molecule has 0 amide bonds. The van der Waals surface area contributed by atoms with Gasteiger partial charge < -0.3 is 0 Å². The van der Waals surface area contributed by atoms with Gasteiger partial charge in [0.25, 0.3) is 0 Å². The summed E-state index contributed by atoms with van der Waals surface area (Å²) in [5.41, 5.74) is -1.03. The van der Waals surface area contributed by atoms with E-state index < -0.39 is 15.6 Å². The Hall–Kier alpha value is -0.420. The monoisotopic (exact) mass is 350 g/mol. The summed E-state index contributed by atoms with van der Waals surface area (Å²) >= 11 is 4.63. The predicted octanol–water partition coefficient (Wildman–Crippen LogP) is 3.18. The van der Waals surface area contributed by atoms with Crippen LogP contribution in [0.3, 0.4) is 0 Å². The van der Waals surface area contributed by atoms with Gasteiger partial charge >= 0.3 is 0 Å². The Morgan fingerprint density at radius 2 is 2.06 bits per heavy atom. The van der Waals surface area contributed by atoms with Gasteiger partial charge in [-0.1, -0.05) is 13.8 Å². The minimum Gasteiger partial charge on any atom is -0.207 e. The number of nitrogens with zero attached hydrogens (tertiary/aromatic N) is 1. The highest BCUT2D eigenvalue weighted by molar-refractivity contribution is 9.11. The molecular formula is C11H15BrN2O2S2. The van der Waals surface area contributed by atoms with Gasteiger partial charge in [-0.2, -0.15) is 9.98 Å². The van der Waals surface area contributed by atoms with Crippen molar-refractivity contribution in [2.24, 2.45) is 0 Å². The second kappa shape index (κ2) is 5.70. The summed E-state index contributed by atoms with van der Waals surface area (Å²) in [7, 11) is -3.66. The van der Waals surface area contributed by atoms with Crippen LogP contribution in [0.5, 0.6) is 0 Å². The summed E-state index contributed by atoms with van der Waals surface area (Å²) in [4.78, 5) is 0.939. The van der Waals surface area contributed by atoms with E-state index in [0.717, 1.165) is 3.79 Å². The smallest absolute Gasteiger partial charge is 0.207 e. The van der Waals surface area contributed by atoms with E-state index in [2.05, 4.69) is 26.7 Å². The molecule has 0 spiro atoms. The molecule has 0 saturated carbocycles. The van der Waals surface area contributed by atoms with Crippen LogP contribution >= 0.6 is 27.3 Å². The van der Waals surface area contributed by atoms with Gasteiger partial charge in [0, 0.05) is 4.88 Å². The van der Waals surface area contributed by atoms with E-state index in [1.165, 1.54) is 11.3 Å². The van der Waals surface area contributed by atoms with E-state index in [1.807, 2.05) is 0 Å². The molecule has 0 atom stereocenters. The lowest BCUT2D eigenvalue weighted by Crippen LogP contribution is -2.46. The summed E-state index contributed by atoms with van der Waals surface area (Å²) in [5.74, 6) is 0. The molecule has 1 aromatic heterocycles. The second-order valence-electron chi connectivity index (χ2n) is 3.98. The highest BCUT2D eigenvalue weighted by Gasteiger charge is 2.33. The van der Waals surface area contributed by atoms with Crippen molar-refractivity contribution in [3.05, 3.63) is 14.7 Å². The van der Waals surface area contributed by atoms with Gasteiger partial charge in [0.05, 0.1) is 14.8 Å². The minimum absolute atomic E-state index is 0.237. The van der Waals surface area contributed by atoms with Crippen molar-refractivity contribution in [2.45, 2.75) is 44.0 Å². The number of rotatable bonds is 5. The zero-order valence-electron chi connectivity index (χ0n) is 10.4. The third kappa shape index (κ3) is 3.12. The molecule has 0 aliphatic heterocycles. The molecule has 1 aromatic rings. The molecule has 100 valence electrons. The van der Waals surface area contributed by atoms with Crippen LogP contribution < -0.4 is 4.72 Å². The lowest BCUT2D eigenvalue weighted by molar-refractivity contribution is 0.446. The van der Waals surface area contributed by atoms with Crippen LogP contribution in [0.4, 0.5) is 0 Å². The fourth-order valence-corrected chi connectivity index (χ4v) is 5.46. The van der Waals surface area contributed by atoms with Crippen LogP contribution in [0, 0.1) is 18.3 Å². The summed E-state index contributed by atoms with van der Waals surface area (Å²) in [6, 6.07) is 3.63. The highest BCUT2D eigenvalue weighted by atomic mass is 79.9. The summed E-state index contributed by atoms with van der Waals surface area (Å²) in [5, 5.41) is 9.18. The van der Waals surface area contributed by atoms with Crippen LogP contribution in [0.15, 0.2) is 14.7 Å². The topological polar surface area (TPSA) is 70.0 Å². The van der Waals surface area contributed by atoms with E-state index in [0.29, 0.717) is 17.7 Å². The molecule has 0 saturated heterocycles. The first-order valence-electron chi connectivity index (χ1n) is 5.51. The van der Waals surface area contributed by atoms with Crippen LogP contribution in [-0.4, -0.2) is 14.0 Å². The van der Waals surface area contributed by atoms with Crippen LogP contribution in [0.1, 0.15) is 31.6 Å². The molecule has 4 nitrogen and oxygen atoms in total. The van der Waals surface area contributed by atoms with E-state index >= 15 is 0 Å². The zero-order chi connectivity index (χ0) is 14.0. The Bertz CT molecular complexity index is 568. The van der Waals surface area contributed by atoms with Crippen molar-refractivity contribution in [1.82, 2.24) is 4.72 Å². The molecule has 0 aliphatic rings. The Morgan fingerprint density at radius 3 is 2.39 bits per heavy atom. The van der Waals surface area contributed by atoms with E-state index in [9.17, 15) is 13.7 Å². The SMILES string of the molecule is CCC(C#N)(CC)NS(=O)(=O)c1cc(Br)sc1C. The number of nitriles is 1. The van der Waals surface area contributed by atoms with Gasteiger partial charge in [-0.3, -0.25) is 0 Å². The Kier molecular flexibility index (Phi) is 4.95. The lowest BCUT2D eigenvalue weighted by atomic mass is 9.97. The maximum Gasteiger partial charge on any atom is 0.243 e. The molecule has 0 fully saturated rings. The predicted molar refractivity (Wildman–Crippen MR) is 76.0 cm³/mol. The quantitative estimate of drug-likeness (QED) is 0.886. The zero-order valence-corrected chi connectivity index (χ0v) is 13.7. The van der Waals surface area contributed by atoms with Crippen molar-refractivity contribution < 1.29 is 8.42 Å². The van der Waals surface area contributed by atoms with E-state index in [4.69, 9.17) is 0 Å².